The first-order chi connectivity index (χ1) is 12.1. The molecule has 0 aliphatic carbocycles. The van der Waals surface area contributed by atoms with Gasteiger partial charge < -0.3 is 10.2 Å². The maximum absolute atomic E-state index is 12.7. The van der Waals surface area contributed by atoms with Gasteiger partial charge in [0.25, 0.3) is 5.91 Å². The number of nitrogens with one attached hydrogen (secondary N) is 1. The highest BCUT2D eigenvalue weighted by Gasteiger charge is 2.29. The van der Waals surface area contributed by atoms with Crippen molar-refractivity contribution in [3.8, 4) is 5.69 Å². The highest BCUT2D eigenvalue weighted by Crippen LogP contribution is 2.20. The number of hydrogen-bond donors (Lipinski definition) is 1. The number of aromatic nitrogens is 2. The van der Waals surface area contributed by atoms with Gasteiger partial charge in [0, 0.05) is 30.9 Å². The fraction of sp³-hybridized carbons (Fsp3) is 0.389. The van der Waals surface area contributed by atoms with Gasteiger partial charge in [-0.15, -0.1) is 0 Å². The van der Waals surface area contributed by atoms with Crippen molar-refractivity contribution in [3.05, 3.63) is 47.2 Å². The molecule has 1 aliphatic heterocycles. The molecule has 6 nitrogen and oxygen atoms in total. The van der Waals surface area contributed by atoms with Gasteiger partial charge in [0.1, 0.15) is 0 Å². The van der Waals surface area contributed by atoms with Crippen LogP contribution in [0.1, 0.15) is 30.1 Å². The van der Waals surface area contributed by atoms with Gasteiger partial charge in [0.15, 0.2) is 0 Å². The minimum atomic E-state index is -0.135. The van der Waals surface area contributed by atoms with Crippen molar-refractivity contribution in [2.75, 3.05) is 19.6 Å². The second-order valence-electron chi connectivity index (χ2n) is 6.13. The molecule has 25 heavy (non-hydrogen) atoms. The van der Waals surface area contributed by atoms with Crippen molar-refractivity contribution >= 4 is 23.4 Å². The number of amides is 2. The molecule has 132 valence electrons. The van der Waals surface area contributed by atoms with Crippen LogP contribution in [0.2, 0.25) is 5.02 Å². The van der Waals surface area contributed by atoms with Crippen molar-refractivity contribution in [1.82, 2.24) is 20.0 Å². The van der Waals surface area contributed by atoms with Gasteiger partial charge in [-0.3, -0.25) is 9.59 Å². The minimum Gasteiger partial charge on any atom is -0.356 e. The van der Waals surface area contributed by atoms with E-state index in [4.69, 9.17) is 11.6 Å². The average Bonchev–Trinajstić information content (AvgIpc) is 3.12. The zero-order valence-electron chi connectivity index (χ0n) is 14.1. The summed E-state index contributed by atoms with van der Waals surface area (Å²) >= 11 is 5.89. The fourth-order valence-corrected chi connectivity index (χ4v) is 3.17. The van der Waals surface area contributed by atoms with Gasteiger partial charge in [-0.1, -0.05) is 11.6 Å². The number of piperidine rings is 1. The topological polar surface area (TPSA) is 67.2 Å². The largest absolute Gasteiger partial charge is 0.356 e. The third kappa shape index (κ3) is 4.02. The molecule has 1 saturated heterocycles. The van der Waals surface area contributed by atoms with Gasteiger partial charge in [-0.25, -0.2) is 4.68 Å². The minimum absolute atomic E-state index is 0.0249. The molecule has 0 saturated carbocycles. The van der Waals surface area contributed by atoms with E-state index in [-0.39, 0.29) is 17.7 Å². The molecule has 1 aliphatic rings. The molecule has 0 spiro atoms. The van der Waals surface area contributed by atoms with Gasteiger partial charge in [0.05, 0.1) is 23.4 Å². The third-order valence-electron chi connectivity index (χ3n) is 4.35. The van der Waals surface area contributed by atoms with Crippen LogP contribution in [0, 0.1) is 5.92 Å². The van der Waals surface area contributed by atoms with E-state index in [1.165, 1.54) is 0 Å². The molecule has 3 rings (SSSR count). The van der Waals surface area contributed by atoms with Crippen molar-refractivity contribution in [2.24, 2.45) is 5.92 Å². The van der Waals surface area contributed by atoms with Crippen molar-refractivity contribution < 1.29 is 9.59 Å². The molecule has 1 atom stereocenters. The lowest BCUT2D eigenvalue weighted by Gasteiger charge is -2.31. The first-order valence-electron chi connectivity index (χ1n) is 8.46. The Hall–Kier alpha value is -2.34. The molecule has 0 radical (unpaired) electrons. The summed E-state index contributed by atoms with van der Waals surface area (Å²) in [5, 5.41) is 7.75. The van der Waals surface area contributed by atoms with E-state index in [2.05, 4.69) is 10.4 Å². The van der Waals surface area contributed by atoms with Crippen LogP contribution < -0.4 is 5.32 Å². The summed E-state index contributed by atoms with van der Waals surface area (Å²) in [5.74, 6) is -0.199. The number of nitrogens with zero attached hydrogens (tertiary/aromatic N) is 3. The molecule has 2 heterocycles. The van der Waals surface area contributed by atoms with Crippen LogP contribution in [-0.2, 0) is 4.79 Å². The first kappa shape index (κ1) is 17.5. The van der Waals surface area contributed by atoms with E-state index < -0.39 is 0 Å². The summed E-state index contributed by atoms with van der Waals surface area (Å²) in [6.45, 7) is 3.63. The molecular weight excluding hydrogens is 340 g/mol. The number of carbonyl (C=O) groups is 2. The summed E-state index contributed by atoms with van der Waals surface area (Å²) in [7, 11) is 0. The van der Waals surface area contributed by atoms with Gasteiger partial charge in [-0.05, 0) is 44.0 Å². The molecular formula is C18H21ClN4O2. The Labute approximate surface area is 151 Å². The van der Waals surface area contributed by atoms with Crippen LogP contribution in [0.25, 0.3) is 5.69 Å². The van der Waals surface area contributed by atoms with Crippen molar-refractivity contribution in [2.45, 2.75) is 19.8 Å². The zero-order chi connectivity index (χ0) is 17.8. The summed E-state index contributed by atoms with van der Waals surface area (Å²) in [4.78, 5) is 26.5. The van der Waals surface area contributed by atoms with Crippen LogP contribution in [0.4, 0.5) is 0 Å². The Bertz CT molecular complexity index is 757. The molecule has 1 N–H and O–H groups in total. The normalized spacial score (nSPS) is 17.4. The molecule has 1 aromatic heterocycles. The van der Waals surface area contributed by atoms with E-state index in [9.17, 15) is 9.59 Å². The van der Waals surface area contributed by atoms with E-state index in [0.717, 1.165) is 18.5 Å². The molecule has 0 bridgehead atoms. The predicted molar refractivity (Wildman–Crippen MR) is 95.9 cm³/mol. The Morgan fingerprint density at radius 1 is 1.32 bits per heavy atom. The van der Waals surface area contributed by atoms with Crippen LogP contribution in [0.3, 0.4) is 0 Å². The standard InChI is InChI=1S/C18H21ClN4O2/c1-2-20-17(24)13-4-3-9-22(11-13)18(25)14-10-21-23(12-14)16-7-5-15(19)6-8-16/h5-8,10,12-13H,2-4,9,11H2,1H3,(H,20,24). The lowest BCUT2D eigenvalue weighted by Crippen LogP contribution is -2.45. The maximum atomic E-state index is 12.7. The number of hydrogen-bond acceptors (Lipinski definition) is 3. The van der Waals surface area contributed by atoms with E-state index in [1.54, 1.807) is 34.1 Å². The number of halogens is 1. The monoisotopic (exact) mass is 360 g/mol. The lowest BCUT2D eigenvalue weighted by atomic mass is 9.96. The van der Waals surface area contributed by atoms with E-state index in [0.29, 0.717) is 30.2 Å². The maximum Gasteiger partial charge on any atom is 0.257 e. The molecule has 2 amide bonds. The lowest BCUT2D eigenvalue weighted by molar-refractivity contribution is -0.126. The van der Waals surface area contributed by atoms with Crippen molar-refractivity contribution in [1.29, 1.82) is 0 Å². The highest BCUT2D eigenvalue weighted by atomic mass is 35.5. The Morgan fingerprint density at radius 2 is 2.08 bits per heavy atom. The second kappa shape index (κ2) is 7.70. The molecule has 1 aromatic carbocycles. The number of carbonyl (C=O) groups excluding carboxylic acids is 2. The van der Waals surface area contributed by atoms with E-state index >= 15 is 0 Å². The van der Waals surface area contributed by atoms with Crippen LogP contribution in [0.15, 0.2) is 36.7 Å². The summed E-state index contributed by atoms with van der Waals surface area (Å²) in [5.41, 5.74) is 1.36. The van der Waals surface area contributed by atoms with Crippen LogP contribution in [-0.4, -0.2) is 46.1 Å². The van der Waals surface area contributed by atoms with E-state index in [1.807, 2.05) is 19.1 Å². The Morgan fingerprint density at radius 3 is 2.80 bits per heavy atom. The number of likely N-dealkylation sites (tertiary alicyclic amines) is 1. The Kier molecular flexibility index (Phi) is 5.38. The third-order valence-corrected chi connectivity index (χ3v) is 4.60. The van der Waals surface area contributed by atoms with Gasteiger partial charge in [-0.2, -0.15) is 5.10 Å². The van der Waals surface area contributed by atoms with Crippen LogP contribution in [0.5, 0.6) is 0 Å². The average molecular weight is 361 g/mol. The Balaban J connectivity index is 1.70. The summed E-state index contributed by atoms with van der Waals surface area (Å²) in [6, 6.07) is 7.24. The van der Waals surface area contributed by atoms with Gasteiger partial charge in [0.2, 0.25) is 5.91 Å². The summed E-state index contributed by atoms with van der Waals surface area (Å²) < 4.78 is 1.65. The molecule has 2 aromatic rings. The quantitative estimate of drug-likeness (QED) is 0.911. The zero-order valence-corrected chi connectivity index (χ0v) is 14.9. The predicted octanol–water partition coefficient (Wildman–Crippen LogP) is 2.51. The first-order valence-corrected chi connectivity index (χ1v) is 8.84. The number of benzene rings is 1. The molecule has 1 fully saturated rings. The van der Waals surface area contributed by atoms with Crippen molar-refractivity contribution in [3.63, 3.8) is 0 Å². The second-order valence-corrected chi connectivity index (χ2v) is 6.57. The SMILES string of the molecule is CCNC(=O)C1CCCN(C(=O)c2cnn(-c3ccc(Cl)cc3)c2)C1. The molecule has 1 unspecified atom stereocenters. The summed E-state index contributed by atoms with van der Waals surface area (Å²) in [6.07, 6.45) is 4.92. The van der Waals surface area contributed by atoms with Crippen LogP contribution >= 0.6 is 11.6 Å². The smallest absolute Gasteiger partial charge is 0.257 e. The highest BCUT2D eigenvalue weighted by molar-refractivity contribution is 6.30. The molecule has 7 heteroatoms. The fourth-order valence-electron chi connectivity index (χ4n) is 3.05. The number of rotatable bonds is 4. The van der Waals surface area contributed by atoms with Gasteiger partial charge >= 0.3 is 0 Å².